The lowest BCUT2D eigenvalue weighted by atomic mass is 9.92. The van der Waals surface area contributed by atoms with E-state index in [1.54, 1.807) is 12.3 Å². The number of alkyl carbamates (subject to hydrolysis) is 1. The summed E-state index contributed by atoms with van der Waals surface area (Å²) in [5, 5.41) is 11.3. The molecule has 5 heterocycles. The third-order valence-corrected chi connectivity index (χ3v) is 6.74. The number of rotatable bonds is 3. The van der Waals surface area contributed by atoms with Crippen molar-refractivity contribution in [2.45, 2.75) is 45.8 Å². The van der Waals surface area contributed by atoms with Crippen LogP contribution in [0.15, 0.2) is 34.9 Å². The van der Waals surface area contributed by atoms with Gasteiger partial charge < -0.3 is 29.4 Å². The van der Waals surface area contributed by atoms with Crippen molar-refractivity contribution in [2.24, 2.45) is 5.92 Å². The van der Waals surface area contributed by atoms with Crippen LogP contribution in [0.1, 0.15) is 32.9 Å². The number of hydrogen-bond acceptors (Lipinski definition) is 10. The number of carbonyl (C=O) groups is 2. The fourth-order valence-electron chi connectivity index (χ4n) is 4.96. The molecule has 198 valence electrons. The van der Waals surface area contributed by atoms with Gasteiger partial charge in [0.15, 0.2) is 11.4 Å². The highest BCUT2D eigenvalue weighted by atomic mass is 16.6. The number of fused-ring (bicyclic) bond motifs is 3. The molecule has 2 aliphatic rings. The SMILES string of the molecule is Cc1nn(C(=O)OC(C)(C)C)c2cc(Nc3nc(N4CCC5CNC(=O)OC5C4)c4occc4n3)ccc12. The van der Waals surface area contributed by atoms with E-state index in [4.69, 9.17) is 18.9 Å². The first-order valence-electron chi connectivity index (χ1n) is 12.6. The molecule has 1 amide bonds. The zero-order valence-electron chi connectivity index (χ0n) is 21.6. The summed E-state index contributed by atoms with van der Waals surface area (Å²) in [6.07, 6.45) is 1.28. The number of carbonyl (C=O) groups excluding carboxylic acids is 2. The van der Waals surface area contributed by atoms with Gasteiger partial charge in [0.2, 0.25) is 5.95 Å². The average molecular weight is 520 g/mol. The minimum atomic E-state index is -0.649. The van der Waals surface area contributed by atoms with Crippen molar-refractivity contribution in [3.63, 3.8) is 0 Å². The van der Waals surface area contributed by atoms with Gasteiger partial charge in [0.1, 0.15) is 17.2 Å². The Bertz CT molecular complexity index is 1550. The fourth-order valence-corrected chi connectivity index (χ4v) is 4.96. The van der Waals surface area contributed by atoms with E-state index in [1.807, 2.05) is 45.9 Å². The highest BCUT2D eigenvalue weighted by molar-refractivity contribution is 5.92. The Morgan fingerprint density at radius 3 is 2.89 bits per heavy atom. The van der Waals surface area contributed by atoms with Gasteiger partial charge in [-0.1, -0.05) is 0 Å². The lowest BCUT2D eigenvalue weighted by Crippen LogP contribution is -2.54. The lowest BCUT2D eigenvalue weighted by Gasteiger charge is -2.40. The van der Waals surface area contributed by atoms with Crippen molar-refractivity contribution >= 4 is 51.6 Å². The largest absolute Gasteiger partial charge is 0.459 e. The first-order chi connectivity index (χ1) is 18.1. The molecule has 12 heteroatoms. The molecule has 2 saturated heterocycles. The molecule has 2 aliphatic heterocycles. The second kappa shape index (κ2) is 8.89. The third kappa shape index (κ3) is 4.46. The number of hydrogen-bond donors (Lipinski definition) is 2. The van der Waals surface area contributed by atoms with Crippen LogP contribution in [0, 0.1) is 12.8 Å². The van der Waals surface area contributed by atoms with Gasteiger partial charge in [-0.05, 0) is 52.3 Å². The molecule has 38 heavy (non-hydrogen) atoms. The van der Waals surface area contributed by atoms with E-state index < -0.39 is 17.8 Å². The van der Waals surface area contributed by atoms with Crippen molar-refractivity contribution < 1.29 is 23.5 Å². The normalized spacial score (nSPS) is 19.7. The van der Waals surface area contributed by atoms with Crippen LogP contribution < -0.4 is 15.5 Å². The van der Waals surface area contributed by atoms with Crippen LogP contribution in [0.25, 0.3) is 22.0 Å². The maximum atomic E-state index is 12.8. The van der Waals surface area contributed by atoms with Crippen LogP contribution in [-0.4, -0.2) is 63.3 Å². The highest BCUT2D eigenvalue weighted by Gasteiger charge is 2.37. The van der Waals surface area contributed by atoms with Crippen molar-refractivity contribution in [1.82, 2.24) is 25.1 Å². The zero-order chi connectivity index (χ0) is 26.6. The fraction of sp³-hybridized carbons (Fsp3) is 0.423. The molecule has 3 aromatic heterocycles. The predicted molar refractivity (Wildman–Crippen MR) is 140 cm³/mol. The highest BCUT2D eigenvalue weighted by Crippen LogP contribution is 2.32. The molecule has 2 atom stereocenters. The van der Waals surface area contributed by atoms with Gasteiger partial charge in [0.25, 0.3) is 0 Å². The van der Waals surface area contributed by atoms with E-state index >= 15 is 0 Å². The molecule has 1 aromatic carbocycles. The maximum Gasteiger partial charge on any atom is 0.435 e. The van der Waals surface area contributed by atoms with E-state index in [2.05, 4.69) is 25.6 Å². The Morgan fingerprint density at radius 1 is 1.24 bits per heavy atom. The standard InChI is InChI=1S/C26H29N7O5/c1-14-17-6-5-16(11-19(17)33(31-14)25(35)38-26(2,3)4)28-23-29-18-8-10-36-21(18)22(30-23)32-9-7-15-12-27-24(34)37-20(15)13-32/h5-6,8,10-11,15,20H,7,9,12-13H2,1-4H3,(H,27,34)(H,28,29,30). The van der Waals surface area contributed by atoms with Gasteiger partial charge in [-0.15, -0.1) is 0 Å². The smallest absolute Gasteiger partial charge is 0.435 e. The van der Waals surface area contributed by atoms with E-state index in [-0.39, 0.29) is 12.0 Å². The minimum Gasteiger partial charge on any atom is -0.459 e. The summed E-state index contributed by atoms with van der Waals surface area (Å²) < 4.78 is 18.1. The first kappa shape index (κ1) is 24.0. The van der Waals surface area contributed by atoms with Gasteiger partial charge >= 0.3 is 12.2 Å². The summed E-state index contributed by atoms with van der Waals surface area (Å²) in [5.74, 6) is 1.27. The Kier molecular flexibility index (Phi) is 5.62. The molecular formula is C26H29N7O5. The minimum absolute atomic E-state index is 0.215. The maximum absolute atomic E-state index is 12.8. The first-order valence-corrected chi connectivity index (χ1v) is 12.6. The lowest BCUT2D eigenvalue weighted by molar-refractivity contribution is 0.0293. The number of aryl methyl sites for hydroxylation is 1. The van der Waals surface area contributed by atoms with Crippen molar-refractivity contribution in [3.05, 3.63) is 36.2 Å². The van der Waals surface area contributed by atoms with Crippen molar-refractivity contribution in [3.8, 4) is 0 Å². The van der Waals surface area contributed by atoms with E-state index in [0.29, 0.717) is 47.2 Å². The van der Waals surface area contributed by atoms with Crippen LogP contribution >= 0.6 is 0 Å². The molecule has 0 saturated carbocycles. The molecule has 0 spiro atoms. The quantitative estimate of drug-likeness (QED) is 0.402. The second-order valence-electron chi connectivity index (χ2n) is 10.7. The molecule has 2 fully saturated rings. The molecule has 12 nitrogen and oxygen atoms in total. The van der Waals surface area contributed by atoms with Crippen LogP contribution in [0.4, 0.5) is 27.0 Å². The monoisotopic (exact) mass is 519 g/mol. The number of anilines is 3. The number of amides is 1. The van der Waals surface area contributed by atoms with Crippen molar-refractivity contribution in [1.29, 1.82) is 0 Å². The Balaban J connectivity index is 1.31. The summed E-state index contributed by atoms with van der Waals surface area (Å²) >= 11 is 0. The third-order valence-electron chi connectivity index (χ3n) is 6.74. The number of nitrogens with one attached hydrogen (secondary N) is 2. The van der Waals surface area contributed by atoms with Gasteiger partial charge in [-0.3, -0.25) is 0 Å². The van der Waals surface area contributed by atoms with Crippen molar-refractivity contribution in [2.75, 3.05) is 29.9 Å². The molecule has 0 radical (unpaired) electrons. The number of ether oxygens (including phenoxy) is 2. The second-order valence-corrected chi connectivity index (χ2v) is 10.7. The van der Waals surface area contributed by atoms with Gasteiger partial charge in [0, 0.05) is 36.1 Å². The molecule has 4 aromatic rings. The summed E-state index contributed by atoms with van der Waals surface area (Å²) in [7, 11) is 0. The van der Waals surface area contributed by atoms with Crippen LogP contribution in [0.2, 0.25) is 0 Å². The molecule has 0 aliphatic carbocycles. The number of benzene rings is 1. The predicted octanol–water partition coefficient (Wildman–Crippen LogP) is 4.34. The number of aromatic nitrogens is 4. The van der Waals surface area contributed by atoms with E-state index in [0.717, 1.165) is 24.0 Å². The molecule has 6 rings (SSSR count). The Hall–Kier alpha value is -4.35. The van der Waals surface area contributed by atoms with E-state index in [9.17, 15) is 9.59 Å². The zero-order valence-corrected chi connectivity index (χ0v) is 21.6. The van der Waals surface area contributed by atoms with Crippen LogP contribution in [0.3, 0.4) is 0 Å². The van der Waals surface area contributed by atoms with Crippen LogP contribution in [-0.2, 0) is 9.47 Å². The Labute approximate surface area is 218 Å². The summed E-state index contributed by atoms with van der Waals surface area (Å²) in [5.41, 5.74) is 2.59. The summed E-state index contributed by atoms with van der Waals surface area (Å²) in [4.78, 5) is 36.0. The van der Waals surface area contributed by atoms with Gasteiger partial charge in [-0.2, -0.15) is 14.8 Å². The van der Waals surface area contributed by atoms with Crippen LogP contribution in [0.5, 0.6) is 0 Å². The molecule has 2 N–H and O–H groups in total. The number of piperidine rings is 1. The molecule has 0 bridgehead atoms. The molecular weight excluding hydrogens is 490 g/mol. The van der Waals surface area contributed by atoms with Gasteiger partial charge in [0.05, 0.1) is 24.0 Å². The number of nitrogens with zero attached hydrogens (tertiary/aromatic N) is 5. The van der Waals surface area contributed by atoms with Gasteiger partial charge in [-0.25, -0.2) is 14.6 Å². The number of furan rings is 1. The summed E-state index contributed by atoms with van der Waals surface area (Å²) in [6, 6.07) is 7.39. The average Bonchev–Trinajstić information content (AvgIpc) is 3.46. The Morgan fingerprint density at radius 2 is 2.08 bits per heavy atom. The summed E-state index contributed by atoms with van der Waals surface area (Å²) in [6.45, 7) is 9.17. The molecule has 2 unspecified atom stereocenters. The van der Waals surface area contributed by atoms with E-state index in [1.165, 1.54) is 4.68 Å². The topological polar surface area (TPSA) is 137 Å².